The van der Waals surface area contributed by atoms with Crippen molar-refractivity contribution in [3.05, 3.63) is 71.3 Å². The lowest BCUT2D eigenvalue weighted by Gasteiger charge is -2.14. The number of ketones is 1. The second-order valence-corrected chi connectivity index (χ2v) is 4.73. The molecule has 0 aromatic heterocycles. The molecule has 0 aliphatic rings. The van der Waals surface area contributed by atoms with E-state index in [1.165, 1.54) is 5.56 Å². The van der Waals surface area contributed by atoms with Gasteiger partial charge in [0.15, 0.2) is 5.78 Å². The van der Waals surface area contributed by atoms with E-state index in [2.05, 4.69) is 37.3 Å². The average molecular weight is 238 g/mol. The van der Waals surface area contributed by atoms with Crippen LogP contribution in [0, 0.1) is 0 Å². The van der Waals surface area contributed by atoms with E-state index in [-0.39, 0.29) is 5.78 Å². The van der Waals surface area contributed by atoms with Gasteiger partial charge >= 0.3 is 0 Å². The van der Waals surface area contributed by atoms with Crippen LogP contribution in [0.2, 0.25) is 0 Å². The third kappa shape index (κ3) is 2.86. The van der Waals surface area contributed by atoms with Gasteiger partial charge in [0.25, 0.3) is 0 Å². The highest BCUT2D eigenvalue weighted by atomic mass is 16.1. The van der Waals surface area contributed by atoms with Gasteiger partial charge in [-0.05, 0) is 30.4 Å². The monoisotopic (exact) mass is 238 g/mol. The Kier molecular flexibility index (Phi) is 3.93. The maximum Gasteiger partial charge on any atom is 0.160 e. The fourth-order valence-corrected chi connectivity index (χ4v) is 2.27. The Bertz CT molecular complexity index is 528. The van der Waals surface area contributed by atoms with E-state index in [1.807, 2.05) is 24.3 Å². The van der Waals surface area contributed by atoms with Crippen molar-refractivity contribution in [3.8, 4) is 0 Å². The molecule has 2 aromatic carbocycles. The lowest BCUT2D eigenvalue weighted by Crippen LogP contribution is -2.04. The molecule has 18 heavy (non-hydrogen) atoms. The minimum absolute atomic E-state index is 0.144. The second kappa shape index (κ2) is 5.63. The second-order valence-electron chi connectivity index (χ2n) is 4.73. The fourth-order valence-electron chi connectivity index (χ4n) is 2.27. The summed E-state index contributed by atoms with van der Waals surface area (Å²) in [4.78, 5) is 11.6. The first kappa shape index (κ1) is 12.6. The highest BCUT2D eigenvalue weighted by molar-refractivity contribution is 5.95. The van der Waals surface area contributed by atoms with E-state index in [0.29, 0.717) is 5.92 Å². The first-order valence-electron chi connectivity index (χ1n) is 6.32. The van der Waals surface area contributed by atoms with Crippen molar-refractivity contribution >= 4 is 5.78 Å². The molecule has 1 unspecified atom stereocenters. The van der Waals surface area contributed by atoms with E-state index >= 15 is 0 Å². The quantitative estimate of drug-likeness (QED) is 0.728. The van der Waals surface area contributed by atoms with Crippen molar-refractivity contribution in [1.82, 2.24) is 0 Å². The lowest BCUT2D eigenvalue weighted by atomic mass is 9.90. The van der Waals surface area contributed by atoms with Crippen molar-refractivity contribution in [3.63, 3.8) is 0 Å². The SMILES string of the molecule is CC(=O)c1ccccc1CC(C)c1ccccc1. The molecule has 0 heterocycles. The lowest BCUT2D eigenvalue weighted by molar-refractivity contribution is 0.101. The Morgan fingerprint density at radius 1 is 1.00 bits per heavy atom. The van der Waals surface area contributed by atoms with Crippen LogP contribution in [0.15, 0.2) is 54.6 Å². The number of hydrogen-bond acceptors (Lipinski definition) is 1. The van der Waals surface area contributed by atoms with E-state index in [0.717, 1.165) is 17.5 Å². The average Bonchev–Trinajstić information content (AvgIpc) is 2.40. The molecule has 2 aromatic rings. The first-order chi connectivity index (χ1) is 8.68. The fraction of sp³-hybridized carbons (Fsp3) is 0.235. The third-order valence-corrected chi connectivity index (χ3v) is 3.29. The summed E-state index contributed by atoms with van der Waals surface area (Å²) in [6.45, 7) is 3.83. The molecule has 0 amide bonds. The molecule has 1 nitrogen and oxygen atoms in total. The first-order valence-corrected chi connectivity index (χ1v) is 6.32. The molecule has 0 radical (unpaired) electrons. The third-order valence-electron chi connectivity index (χ3n) is 3.29. The summed E-state index contributed by atoms with van der Waals surface area (Å²) < 4.78 is 0. The number of Topliss-reactive ketones (excluding diaryl/α,β-unsaturated/α-hetero) is 1. The van der Waals surface area contributed by atoms with Gasteiger partial charge in [-0.15, -0.1) is 0 Å². The number of carbonyl (C=O) groups is 1. The zero-order valence-electron chi connectivity index (χ0n) is 10.9. The van der Waals surface area contributed by atoms with Crippen LogP contribution in [0.3, 0.4) is 0 Å². The van der Waals surface area contributed by atoms with Crippen LogP contribution >= 0.6 is 0 Å². The maximum atomic E-state index is 11.6. The van der Waals surface area contributed by atoms with Crippen LogP contribution < -0.4 is 0 Å². The molecule has 0 fully saturated rings. The number of carbonyl (C=O) groups excluding carboxylic acids is 1. The summed E-state index contributed by atoms with van der Waals surface area (Å²) >= 11 is 0. The molecule has 0 N–H and O–H groups in total. The Balaban J connectivity index is 2.22. The van der Waals surface area contributed by atoms with Crippen LogP contribution in [0.5, 0.6) is 0 Å². The molecule has 0 saturated carbocycles. The topological polar surface area (TPSA) is 17.1 Å². The molecule has 1 atom stereocenters. The van der Waals surface area contributed by atoms with Crippen LogP contribution in [0.1, 0.15) is 41.3 Å². The van der Waals surface area contributed by atoms with Crippen LogP contribution in [-0.4, -0.2) is 5.78 Å². The molecular formula is C17H18O. The molecule has 2 rings (SSSR count). The van der Waals surface area contributed by atoms with Crippen LogP contribution in [-0.2, 0) is 6.42 Å². The van der Waals surface area contributed by atoms with Gasteiger partial charge in [0.2, 0.25) is 0 Å². The number of benzene rings is 2. The maximum absolute atomic E-state index is 11.6. The zero-order chi connectivity index (χ0) is 13.0. The van der Waals surface area contributed by atoms with Crippen molar-refractivity contribution in [2.45, 2.75) is 26.2 Å². The highest BCUT2D eigenvalue weighted by Gasteiger charge is 2.11. The van der Waals surface area contributed by atoms with Crippen molar-refractivity contribution in [2.24, 2.45) is 0 Å². The largest absolute Gasteiger partial charge is 0.295 e. The van der Waals surface area contributed by atoms with Crippen LogP contribution in [0.25, 0.3) is 0 Å². The summed E-state index contributed by atoms with van der Waals surface area (Å²) in [5, 5.41) is 0. The van der Waals surface area contributed by atoms with Gasteiger partial charge in [-0.1, -0.05) is 61.5 Å². The molecule has 92 valence electrons. The smallest absolute Gasteiger partial charge is 0.160 e. The van der Waals surface area contributed by atoms with Gasteiger partial charge in [0, 0.05) is 5.56 Å². The molecule has 0 spiro atoms. The Morgan fingerprint density at radius 3 is 2.28 bits per heavy atom. The van der Waals surface area contributed by atoms with Gasteiger partial charge in [-0.2, -0.15) is 0 Å². The molecule has 0 aliphatic carbocycles. The van der Waals surface area contributed by atoms with E-state index in [1.54, 1.807) is 6.92 Å². The zero-order valence-corrected chi connectivity index (χ0v) is 10.9. The summed E-state index contributed by atoms with van der Waals surface area (Å²) in [6.07, 6.45) is 0.903. The van der Waals surface area contributed by atoms with Crippen molar-refractivity contribution in [1.29, 1.82) is 0 Å². The summed E-state index contributed by atoms with van der Waals surface area (Å²) in [5.74, 6) is 0.567. The van der Waals surface area contributed by atoms with E-state index < -0.39 is 0 Å². The Morgan fingerprint density at radius 2 is 1.61 bits per heavy atom. The molecule has 0 bridgehead atoms. The summed E-state index contributed by atoms with van der Waals surface area (Å²) in [7, 11) is 0. The summed E-state index contributed by atoms with van der Waals surface area (Å²) in [5.41, 5.74) is 3.30. The molecule has 0 saturated heterocycles. The number of rotatable bonds is 4. The van der Waals surface area contributed by atoms with Crippen molar-refractivity contribution in [2.75, 3.05) is 0 Å². The predicted octanol–water partition coefficient (Wildman–Crippen LogP) is 4.24. The molecule has 0 aliphatic heterocycles. The van der Waals surface area contributed by atoms with Gasteiger partial charge in [0.1, 0.15) is 0 Å². The minimum Gasteiger partial charge on any atom is -0.295 e. The molecular weight excluding hydrogens is 220 g/mol. The van der Waals surface area contributed by atoms with E-state index in [4.69, 9.17) is 0 Å². The van der Waals surface area contributed by atoms with Crippen molar-refractivity contribution < 1.29 is 4.79 Å². The highest BCUT2D eigenvalue weighted by Crippen LogP contribution is 2.22. The number of hydrogen-bond donors (Lipinski definition) is 0. The van der Waals surface area contributed by atoms with E-state index in [9.17, 15) is 4.79 Å². The van der Waals surface area contributed by atoms with Gasteiger partial charge in [0.05, 0.1) is 0 Å². The van der Waals surface area contributed by atoms with Gasteiger partial charge in [-0.3, -0.25) is 4.79 Å². The minimum atomic E-state index is 0.144. The predicted molar refractivity (Wildman–Crippen MR) is 75.0 cm³/mol. The Hall–Kier alpha value is -1.89. The normalized spacial score (nSPS) is 12.1. The van der Waals surface area contributed by atoms with Gasteiger partial charge in [-0.25, -0.2) is 0 Å². The standard InChI is InChI=1S/C17H18O/c1-13(15-8-4-3-5-9-15)12-16-10-6-7-11-17(16)14(2)18/h3-11,13H,12H2,1-2H3. The van der Waals surface area contributed by atoms with Gasteiger partial charge < -0.3 is 0 Å². The van der Waals surface area contributed by atoms with Crippen LogP contribution in [0.4, 0.5) is 0 Å². The summed E-state index contributed by atoms with van der Waals surface area (Å²) in [6, 6.07) is 18.3. The Labute approximate surface area is 108 Å². The molecule has 1 heteroatoms.